The fraction of sp³-hybridized carbons (Fsp3) is 0.375. The monoisotopic (exact) mass is 469 g/mol. The number of benzene rings is 2. The number of piperazine rings is 1. The van der Waals surface area contributed by atoms with Gasteiger partial charge in [-0.25, -0.2) is 0 Å². The van der Waals surface area contributed by atoms with Crippen LogP contribution in [0.1, 0.15) is 25.5 Å². The van der Waals surface area contributed by atoms with Crippen LogP contribution in [0.15, 0.2) is 59.8 Å². The van der Waals surface area contributed by atoms with Crippen LogP contribution in [-0.2, 0) is 11.3 Å². The van der Waals surface area contributed by atoms with Gasteiger partial charge in [0.25, 0.3) is 0 Å². The number of thioether (sulfide) groups is 1. The van der Waals surface area contributed by atoms with Crippen molar-refractivity contribution in [1.82, 2.24) is 24.6 Å². The van der Waals surface area contributed by atoms with Crippen molar-refractivity contribution < 1.29 is 4.79 Å². The Labute approximate surface area is 198 Å². The molecule has 0 bridgehead atoms. The van der Waals surface area contributed by atoms with Gasteiger partial charge < -0.3 is 9.47 Å². The van der Waals surface area contributed by atoms with Gasteiger partial charge in [-0.3, -0.25) is 9.69 Å². The van der Waals surface area contributed by atoms with Crippen molar-refractivity contribution in [2.24, 2.45) is 0 Å². The van der Waals surface area contributed by atoms with Gasteiger partial charge in [0.2, 0.25) is 5.91 Å². The molecule has 0 unspecified atom stereocenters. The van der Waals surface area contributed by atoms with Crippen molar-refractivity contribution in [3.05, 3.63) is 65.2 Å². The Balaban J connectivity index is 1.33. The summed E-state index contributed by atoms with van der Waals surface area (Å²) < 4.78 is 2.03. The Morgan fingerprint density at radius 1 is 1.06 bits per heavy atom. The molecule has 1 aromatic heterocycles. The van der Waals surface area contributed by atoms with Crippen LogP contribution in [0.2, 0.25) is 5.02 Å². The second kappa shape index (κ2) is 10.5. The zero-order valence-electron chi connectivity index (χ0n) is 18.4. The fourth-order valence-electron chi connectivity index (χ4n) is 4.04. The summed E-state index contributed by atoms with van der Waals surface area (Å²) in [5.74, 6) is 1.28. The van der Waals surface area contributed by atoms with Crippen molar-refractivity contribution >= 4 is 29.3 Å². The maximum absolute atomic E-state index is 12.9. The molecule has 2 aromatic carbocycles. The smallest absolute Gasteiger partial charge is 0.233 e. The van der Waals surface area contributed by atoms with Gasteiger partial charge in [-0.1, -0.05) is 65.8 Å². The summed E-state index contributed by atoms with van der Waals surface area (Å²) in [5, 5.41) is 10.1. The Morgan fingerprint density at radius 3 is 2.50 bits per heavy atom. The minimum atomic E-state index is 0.150. The van der Waals surface area contributed by atoms with Crippen molar-refractivity contribution in [1.29, 1.82) is 0 Å². The predicted molar refractivity (Wildman–Crippen MR) is 130 cm³/mol. The molecule has 0 aliphatic carbocycles. The van der Waals surface area contributed by atoms with Crippen LogP contribution in [0.3, 0.4) is 0 Å². The number of carbonyl (C=O) groups excluding carboxylic acids is 1. The fourth-order valence-corrected chi connectivity index (χ4v) is 5.14. The SMILES string of the molecule is CCn1c(SCC(=O)N2CCN([C@H](C)c3ccccc3)CC2)nnc1-c1cccc(Cl)c1. The first-order valence-electron chi connectivity index (χ1n) is 11.0. The second-order valence-electron chi connectivity index (χ2n) is 7.85. The van der Waals surface area contributed by atoms with Crippen LogP contribution in [-0.4, -0.2) is 62.4 Å². The lowest BCUT2D eigenvalue weighted by Crippen LogP contribution is -2.49. The standard InChI is InChI=1S/C24H28ClN5OS/c1-3-30-23(20-10-7-11-21(25)16-20)26-27-24(30)32-17-22(31)29-14-12-28(13-15-29)18(2)19-8-5-4-6-9-19/h4-11,16,18H,3,12-15,17H2,1-2H3/t18-/m1/s1. The van der Waals surface area contributed by atoms with E-state index in [0.717, 1.165) is 49.3 Å². The summed E-state index contributed by atoms with van der Waals surface area (Å²) in [6, 6.07) is 18.5. The van der Waals surface area contributed by atoms with Crippen LogP contribution in [0.4, 0.5) is 0 Å². The molecule has 0 spiro atoms. The third kappa shape index (κ3) is 5.17. The van der Waals surface area contributed by atoms with E-state index in [0.29, 0.717) is 16.8 Å². The Kier molecular flexibility index (Phi) is 7.50. The molecule has 168 valence electrons. The van der Waals surface area contributed by atoms with Gasteiger partial charge >= 0.3 is 0 Å². The summed E-state index contributed by atoms with van der Waals surface area (Å²) in [5.41, 5.74) is 2.24. The highest BCUT2D eigenvalue weighted by molar-refractivity contribution is 7.99. The molecule has 0 saturated carbocycles. The van der Waals surface area contributed by atoms with E-state index in [2.05, 4.69) is 53.2 Å². The number of amides is 1. The average molecular weight is 470 g/mol. The molecule has 1 atom stereocenters. The molecule has 8 heteroatoms. The first kappa shape index (κ1) is 22.8. The van der Waals surface area contributed by atoms with E-state index in [-0.39, 0.29) is 5.91 Å². The van der Waals surface area contributed by atoms with Crippen molar-refractivity contribution in [2.45, 2.75) is 31.6 Å². The van der Waals surface area contributed by atoms with Gasteiger partial charge in [0, 0.05) is 49.4 Å². The van der Waals surface area contributed by atoms with E-state index < -0.39 is 0 Å². The number of carbonyl (C=O) groups is 1. The van der Waals surface area contributed by atoms with E-state index in [1.54, 1.807) is 0 Å². The molecular weight excluding hydrogens is 442 g/mol. The highest BCUT2D eigenvalue weighted by Gasteiger charge is 2.25. The molecule has 3 aromatic rings. The van der Waals surface area contributed by atoms with Crippen LogP contribution in [0.5, 0.6) is 0 Å². The van der Waals surface area contributed by atoms with Gasteiger partial charge in [-0.2, -0.15) is 0 Å². The Morgan fingerprint density at radius 2 is 1.81 bits per heavy atom. The average Bonchev–Trinajstić information content (AvgIpc) is 3.25. The topological polar surface area (TPSA) is 54.3 Å². The minimum Gasteiger partial charge on any atom is -0.339 e. The Hall–Kier alpha value is -2.35. The maximum atomic E-state index is 12.9. The molecule has 32 heavy (non-hydrogen) atoms. The molecule has 0 radical (unpaired) electrons. The molecule has 4 rings (SSSR count). The van der Waals surface area contributed by atoms with Crippen LogP contribution >= 0.6 is 23.4 Å². The highest BCUT2D eigenvalue weighted by atomic mass is 35.5. The number of rotatable bonds is 7. The molecule has 0 N–H and O–H groups in total. The largest absolute Gasteiger partial charge is 0.339 e. The lowest BCUT2D eigenvalue weighted by Gasteiger charge is -2.38. The van der Waals surface area contributed by atoms with Gasteiger partial charge in [0.05, 0.1) is 5.75 Å². The normalized spacial score (nSPS) is 15.7. The van der Waals surface area contributed by atoms with Crippen LogP contribution in [0.25, 0.3) is 11.4 Å². The molecule has 1 aliphatic heterocycles. The second-order valence-corrected chi connectivity index (χ2v) is 9.23. The quantitative estimate of drug-likeness (QED) is 0.473. The van der Waals surface area contributed by atoms with E-state index in [1.165, 1.54) is 17.3 Å². The lowest BCUT2D eigenvalue weighted by atomic mass is 10.1. The summed E-state index contributed by atoms with van der Waals surface area (Å²) >= 11 is 7.58. The number of halogens is 1. The lowest BCUT2D eigenvalue weighted by molar-refractivity contribution is -0.130. The summed E-state index contributed by atoms with van der Waals surface area (Å²) in [7, 11) is 0. The summed E-state index contributed by atoms with van der Waals surface area (Å²) in [6.07, 6.45) is 0. The minimum absolute atomic E-state index is 0.150. The Bertz CT molecular complexity index is 1050. The van der Waals surface area contributed by atoms with Gasteiger partial charge in [0.1, 0.15) is 0 Å². The molecule has 6 nitrogen and oxygen atoms in total. The molecule has 1 saturated heterocycles. The number of hydrogen-bond acceptors (Lipinski definition) is 5. The molecule has 1 aliphatic rings. The van der Waals surface area contributed by atoms with Crippen molar-refractivity contribution in [3.63, 3.8) is 0 Å². The summed E-state index contributed by atoms with van der Waals surface area (Å²) in [6.45, 7) is 8.29. The number of aromatic nitrogens is 3. The van der Waals surface area contributed by atoms with Crippen molar-refractivity contribution in [2.75, 3.05) is 31.9 Å². The van der Waals surface area contributed by atoms with E-state index in [9.17, 15) is 4.79 Å². The summed E-state index contributed by atoms with van der Waals surface area (Å²) in [4.78, 5) is 17.3. The molecule has 2 heterocycles. The maximum Gasteiger partial charge on any atom is 0.233 e. The van der Waals surface area contributed by atoms with Crippen molar-refractivity contribution in [3.8, 4) is 11.4 Å². The van der Waals surface area contributed by atoms with Crippen LogP contribution in [0, 0.1) is 0 Å². The third-order valence-corrected chi connectivity index (χ3v) is 7.12. The van der Waals surface area contributed by atoms with E-state index >= 15 is 0 Å². The predicted octanol–water partition coefficient (Wildman–Crippen LogP) is 4.62. The molecular formula is C24H28ClN5OS. The van der Waals surface area contributed by atoms with Gasteiger partial charge in [0.15, 0.2) is 11.0 Å². The number of nitrogens with zero attached hydrogens (tertiary/aromatic N) is 5. The molecule has 1 amide bonds. The zero-order chi connectivity index (χ0) is 22.5. The zero-order valence-corrected chi connectivity index (χ0v) is 20.0. The number of hydrogen-bond donors (Lipinski definition) is 0. The first-order valence-corrected chi connectivity index (χ1v) is 12.3. The first-order chi connectivity index (χ1) is 15.6. The van der Waals surface area contributed by atoms with E-state index in [1.807, 2.05) is 39.8 Å². The van der Waals surface area contributed by atoms with E-state index in [4.69, 9.17) is 11.6 Å². The highest BCUT2D eigenvalue weighted by Crippen LogP contribution is 2.26. The van der Waals surface area contributed by atoms with Gasteiger partial charge in [-0.05, 0) is 31.5 Å². The third-order valence-electron chi connectivity index (χ3n) is 5.94. The van der Waals surface area contributed by atoms with Crippen LogP contribution < -0.4 is 0 Å². The molecule has 1 fully saturated rings. The van der Waals surface area contributed by atoms with Gasteiger partial charge in [-0.15, -0.1) is 10.2 Å².